The van der Waals surface area contributed by atoms with Crippen LogP contribution in [-0.4, -0.2) is 25.4 Å². The van der Waals surface area contributed by atoms with Gasteiger partial charge in [0.25, 0.3) is 10.0 Å². The molecular formula is C12H10FN3O4S. The average Bonchev–Trinajstić information content (AvgIpc) is 2.46. The third-order valence-electron chi connectivity index (χ3n) is 2.78. The molecule has 21 heavy (non-hydrogen) atoms. The number of nitro groups is 1. The summed E-state index contributed by atoms with van der Waals surface area (Å²) in [4.78, 5) is 13.0. The zero-order valence-corrected chi connectivity index (χ0v) is 11.6. The molecule has 0 radical (unpaired) electrons. The summed E-state index contributed by atoms with van der Waals surface area (Å²) in [5.41, 5.74) is -0.491. The molecule has 9 heteroatoms. The minimum atomic E-state index is -4.03. The number of hydrogen-bond donors (Lipinski definition) is 0. The van der Waals surface area contributed by atoms with Gasteiger partial charge in [-0.25, -0.2) is 8.42 Å². The van der Waals surface area contributed by atoms with Crippen molar-refractivity contribution in [1.82, 2.24) is 4.98 Å². The number of rotatable bonds is 4. The molecular weight excluding hydrogens is 301 g/mol. The number of benzene rings is 1. The maximum absolute atomic E-state index is 13.6. The van der Waals surface area contributed by atoms with Gasteiger partial charge in [0, 0.05) is 25.4 Å². The zero-order chi connectivity index (χ0) is 15.6. The van der Waals surface area contributed by atoms with Gasteiger partial charge in [-0.15, -0.1) is 0 Å². The third kappa shape index (κ3) is 2.82. The van der Waals surface area contributed by atoms with Crippen molar-refractivity contribution < 1.29 is 17.7 Å². The van der Waals surface area contributed by atoms with Crippen molar-refractivity contribution in [1.29, 1.82) is 0 Å². The van der Waals surface area contributed by atoms with Gasteiger partial charge in [0.15, 0.2) is 0 Å². The number of aromatic nitrogens is 1. The zero-order valence-electron chi connectivity index (χ0n) is 10.8. The molecule has 0 aliphatic carbocycles. The fourth-order valence-corrected chi connectivity index (χ4v) is 2.83. The van der Waals surface area contributed by atoms with E-state index in [1.54, 1.807) is 6.07 Å². The van der Waals surface area contributed by atoms with E-state index < -0.39 is 26.5 Å². The van der Waals surface area contributed by atoms with Gasteiger partial charge in [0.1, 0.15) is 0 Å². The Hall–Kier alpha value is -2.55. The fraction of sp³-hybridized carbons (Fsp3) is 0.0833. The lowest BCUT2D eigenvalue weighted by Crippen LogP contribution is -2.26. The molecule has 7 nitrogen and oxygen atoms in total. The Morgan fingerprint density at radius 2 is 2.05 bits per heavy atom. The third-order valence-corrected chi connectivity index (χ3v) is 4.57. The van der Waals surface area contributed by atoms with Crippen LogP contribution in [0.15, 0.2) is 47.6 Å². The van der Waals surface area contributed by atoms with Gasteiger partial charge in [-0.3, -0.25) is 19.4 Å². The summed E-state index contributed by atoms with van der Waals surface area (Å²) in [6.45, 7) is 0. The molecule has 0 unspecified atom stereocenters. The van der Waals surface area contributed by atoms with Gasteiger partial charge in [0.2, 0.25) is 5.82 Å². The normalized spacial score (nSPS) is 11.1. The van der Waals surface area contributed by atoms with Crippen LogP contribution in [0.3, 0.4) is 0 Å². The van der Waals surface area contributed by atoms with E-state index >= 15 is 0 Å². The number of nitro benzene ring substituents is 1. The van der Waals surface area contributed by atoms with Crippen molar-refractivity contribution in [3.63, 3.8) is 0 Å². The van der Waals surface area contributed by atoms with Gasteiger partial charge in [0.05, 0.1) is 21.7 Å². The quantitative estimate of drug-likeness (QED) is 0.635. The highest BCUT2D eigenvalue weighted by Crippen LogP contribution is 2.25. The van der Waals surface area contributed by atoms with E-state index in [0.29, 0.717) is 6.07 Å². The maximum atomic E-state index is 13.6. The molecule has 2 aromatic rings. The summed E-state index contributed by atoms with van der Waals surface area (Å²) < 4.78 is 39.1. The lowest BCUT2D eigenvalue weighted by molar-refractivity contribution is -0.387. The largest absolute Gasteiger partial charge is 0.304 e. The molecule has 0 atom stereocenters. The molecule has 1 heterocycles. The Morgan fingerprint density at radius 1 is 1.33 bits per heavy atom. The van der Waals surface area contributed by atoms with E-state index in [0.717, 1.165) is 16.4 Å². The maximum Gasteiger partial charge on any atom is 0.304 e. The SMILES string of the molecule is CN(c1cccnc1)S(=O)(=O)c1ccc([N+](=O)[O-])c(F)c1. The predicted molar refractivity (Wildman–Crippen MR) is 72.9 cm³/mol. The van der Waals surface area contributed by atoms with Crippen LogP contribution in [0.25, 0.3) is 0 Å². The first-order valence-corrected chi connectivity index (χ1v) is 7.11. The predicted octanol–water partition coefficient (Wildman–Crippen LogP) is 1.95. The van der Waals surface area contributed by atoms with Crippen molar-refractivity contribution in [3.8, 4) is 0 Å². The van der Waals surface area contributed by atoms with Crippen molar-refractivity contribution >= 4 is 21.4 Å². The minimum Gasteiger partial charge on any atom is -0.268 e. The second-order valence-corrected chi connectivity index (χ2v) is 6.02. The van der Waals surface area contributed by atoms with Crippen molar-refractivity contribution in [2.75, 3.05) is 11.4 Å². The van der Waals surface area contributed by atoms with Crippen molar-refractivity contribution in [3.05, 3.63) is 58.7 Å². The molecule has 2 rings (SSSR count). The topological polar surface area (TPSA) is 93.4 Å². The molecule has 1 aromatic carbocycles. The van der Waals surface area contributed by atoms with Crippen LogP contribution in [-0.2, 0) is 10.0 Å². The lowest BCUT2D eigenvalue weighted by atomic mass is 10.3. The first kappa shape index (κ1) is 14.9. The van der Waals surface area contributed by atoms with Crippen LogP contribution in [0.1, 0.15) is 0 Å². The number of sulfonamides is 1. The Balaban J connectivity index is 2.45. The number of anilines is 1. The monoisotopic (exact) mass is 311 g/mol. The molecule has 0 aliphatic rings. The summed E-state index contributed by atoms with van der Waals surface area (Å²) in [6.07, 6.45) is 2.81. The minimum absolute atomic E-state index is 0.288. The fourth-order valence-electron chi connectivity index (χ4n) is 1.63. The molecule has 1 aromatic heterocycles. The highest BCUT2D eigenvalue weighted by Gasteiger charge is 2.24. The summed E-state index contributed by atoms with van der Waals surface area (Å²) >= 11 is 0. The molecule has 110 valence electrons. The Morgan fingerprint density at radius 3 is 2.57 bits per heavy atom. The summed E-state index contributed by atoms with van der Waals surface area (Å²) in [5.74, 6) is -1.21. The van der Waals surface area contributed by atoms with E-state index in [9.17, 15) is 22.9 Å². The molecule has 0 saturated carbocycles. The van der Waals surface area contributed by atoms with E-state index in [1.165, 1.54) is 25.5 Å². The highest BCUT2D eigenvalue weighted by molar-refractivity contribution is 7.92. The Bertz CT molecular complexity index is 780. The second-order valence-electron chi connectivity index (χ2n) is 4.05. The smallest absolute Gasteiger partial charge is 0.268 e. The first-order valence-electron chi connectivity index (χ1n) is 5.67. The Labute approximate surface area is 119 Å². The number of pyridine rings is 1. The van der Waals surface area contributed by atoms with Crippen molar-refractivity contribution in [2.45, 2.75) is 4.90 Å². The summed E-state index contributed by atoms with van der Waals surface area (Å²) in [5, 5.41) is 10.5. The van der Waals surface area contributed by atoms with E-state index in [2.05, 4.69) is 4.98 Å². The molecule has 0 spiro atoms. The second kappa shape index (κ2) is 5.44. The standard InChI is InChI=1S/C12H10FN3O4S/c1-15(9-3-2-6-14-8-9)21(19,20)10-4-5-12(16(17)18)11(13)7-10/h2-8H,1H3. The molecule has 0 bridgehead atoms. The molecule has 0 saturated heterocycles. The van der Waals surface area contributed by atoms with E-state index in [1.807, 2.05) is 0 Å². The number of nitrogens with zero attached hydrogens (tertiary/aromatic N) is 3. The van der Waals surface area contributed by atoms with Gasteiger partial charge >= 0.3 is 5.69 Å². The lowest BCUT2D eigenvalue weighted by Gasteiger charge is -2.18. The van der Waals surface area contributed by atoms with Crippen LogP contribution in [0.2, 0.25) is 0 Å². The van der Waals surface area contributed by atoms with Crippen LogP contribution >= 0.6 is 0 Å². The van der Waals surface area contributed by atoms with Crippen LogP contribution in [0.5, 0.6) is 0 Å². The number of halogens is 1. The molecule has 0 aliphatic heterocycles. The summed E-state index contributed by atoms with van der Waals surface area (Å²) in [6, 6.07) is 5.51. The summed E-state index contributed by atoms with van der Waals surface area (Å²) in [7, 11) is -2.74. The van der Waals surface area contributed by atoms with Gasteiger partial charge in [-0.2, -0.15) is 4.39 Å². The first-order chi connectivity index (χ1) is 9.84. The average molecular weight is 311 g/mol. The van der Waals surface area contributed by atoms with E-state index in [4.69, 9.17) is 0 Å². The Kier molecular flexibility index (Phi) is 3.85. The highest BCUT2D eigenvalue weighted by atomic mass is 32.2. The van der Waals surface area contributed by atoms with E-state index in [-0.39, 0.29) is 10.6 Å². The molecule has 0 fully saturated rings. The van der Waals surface area contributed by atoms with Gasteiger partial charge < -0.3 is 0 Å². The number of hydrogen-bond acceptors (Lipinski definition) is 5. The van der Waals surface area contributed by atoms with Gasteiger partial charge in [-0.05, 0) is 18.2 Å². The molecule has 0 N–H and O–H groups in total. The van der Waals surface area contributed by atoms with Crippen LogP contribution in [0.4, 0.5) is 15.8 Å². The van der Waals surface area contributed by atoms with Crippen LogP contribution < -0.4 is 4.31 Å². The van der Waals surface area contributed by atoms with Crippen molar-refractivity contribution in [2.24, 2.45) is 0 Å². The van der Waals surface area contributed by atoms with Crippen LogP contribution in [0, 0.1) is 15.9 Å². The van der Waals surface area contributed by atoms with Gasteiger partial charge in [-0.1, -0.05) is 0 Å². The molecule has 0 amide bonds.